The molecule has 1 N–H and O–H groups in total. The number of carbonyl (C=O) groups is 2. The molecule has 2 amide bonds. The van der Waals surface area contributed by atoms with E-state index in [1.54, 1.807) is 17.0 Å². The van der Waals surface area contributed by atoms with Crippen LogP contribution in [0.2, 0.25) is 0 Å². The van der Waals surface area contributed by atoms with Crippen molar-refractivity contribution in [1.82, 2.24) is 10.2 Å². The van der Waals surface area contributed by atoms with Crippen LogP contribution in [0.5, 0.6) is 0 Å². The zero-order valence-corrected chi connectivity index (χ0v) is 12.7. The highest BCUT2D eigenvalue weighted by Gasteiger charge is 2.38. The predicted octanol–water partition coefficient (Wildman–Crippen LogP) is 2.69. The van der Waals surface area contributed by atoms with Crippen LogP contribution in [0, 0.1) is 10.1 Å². The van der Waals surface area contributed by atoms with Gasteiger partial charge in [0.25, 0.3) is 5.69 Å². The minimum Gasteiger partial charge on any atom is -0.327 e. The Morgan fingerprint density at radius 1 is 1.26 bits per heavy atom. The minimum absolute atomic E-state index is 0.0183. The van der Waals surface area contributed by atoms with Crippen LogP contribution in [0.3, 0.4) is 0 Å². The lowest BCUT2D eigenvalue weighted by Crippen LogP contribution is -2.49. The van der Waals surface area contributed by atoms with Crippen molar-refractivity contribution in [2.45, 2.75) is 32.2 Å². The smallest absolute Gasteiger partial charge is 0.322 e. The van der Waals surface area contributed by atoms with Gasteiger partial charge in [0, 0.05) is 36.4 Å². The lowest BCUT2D eigenvalue weighted by molar-refractivity contribution is -0.384. The molecular weight excluding hydrogens is 298 g/mol. The van der Waals surface area contributed by atoms with Crippen molar-refractivity contribution in [2.75, 3.05) is 6.54 Å². The molecule has 0 bridgehead atoms. The van der Waals surface area contributed by atoms with Gasteiger partial charge in [-0.05, 0) is 37.5 Å². The Balaban J connectivity index is 2.05. The Morgan fingerprint density at radius 2 is 1.96 bits per heavy atom. The summed E-state index contributed by atoms with van der Waals surface area (Å²) in [6.45, 7) is 2.38. The first-order valence-corrected chi connectivity index (χ1v) is 7.61. The van der Waals surface area contributed by atoms with E-state index in [9.17, 15) is 19.7 Å². The maximum atomic E-state index is 12.4. The van der Waals surface area contributed by atoms with Crippen molar-refractivity contribution < 1.29 is 14.5 Å². The topological polar surface area (TPSA) is 92.6 Å². The summed E-state index contributed by atoms with van der Waals surface area (Å²) in [5, 5.41) is 13.6. The molecule has 1 unspecified atom stereocenters. The molecule has 0 saturated carbocycles. The monoisotopic (exact) mass is 315 g/mol. The zero-order valence-electron chi connectivity index (χ0n) is 12.7. The number of ketones is 1. The number of amides is 2. The van der Waals surface area contributed by atoms with Crippen LogP contribution in [0.25, 0.3) is 0 Å². The molecule has 0 radical (unpaired) electrons. The van der Waals surface area contributed by atoms with Gasteiger partial charge < -0.3 is 5.32 Å². The van der Waals surface area contributed by atoms with Gasteiger partial charge in [0.2, 0.25) is 0 Å². The van der Waals surface area contributed by atoms with Crippen molar-refractivity contribution in [3.05, 3.63) is 51.2 Å². The molecule has 1 aromatic rings. The first-order chi connectivity index (χ1) is 11.0. The van der Waals surface area contributed by atoms with E-state index in [1.807, 2.05) is 6.92 Å². The second-order valence-corrected chi connectivity index (χ2v) is 5.61. The van der Waals surface area contributed by atoms with Gasteiger partial charge in [-0.2, -0.15) is 0 Å². The van der Waals surface area contributed by atoms with E-state index in [0.717, 1.165) is 12.1 Å². The highest BCUT2D eigenvalue weighted by atomic mass is 16.6. The number of hydrogen-bond donors (Lipinski definition) is 1. The van der Waals surface area contributed by atoms with Crippen LogP contribution >= 0.6 is 0 Å². The number of nitro benzene ring substituents is 1. The average Bonchev–Trinajstić information content (AvgIpc) is 2.54. The molecule has 120 valence electrons. The molecule has 1 aliphatic carbocycles. The van der Waals surface area contributed by atoms with Gasteiger partial charge in [0.05, 0.1) is 11.0 Å². The fraction of sp³-hybridized carbons (Fsp3) is 0.375. The average molecular weight is 315 g/mol. The Bertz CT molecular complexity index is 709. The molecule has 7 nitrogen and oxygen atoms in total. The quantitative estimate of drug-likeness (QED) is 0.685. The van der Waals surface area contributed by atoms with E-state index in [0.29, 0.717) is 30.5 Å². The second-order valence-electron chi connectivity index (χ2n) is 5.61. The molecule has 23 heavy (non-hydrogen) atoms. The van der Waals surface area contributed by atoms with Crippen molar-refractivity contribution in [3.63, 3.8) is 0 Å². The molecule has 1 heterocycles. The molecule has 0 saturated heterocycles. The molecule has 3 rings (SSSR count). The molecule has 1 atom stereocenters. The zero-order chi connectivity index (χ0) is 16.6. The van der Waals surface area contributed by atoms with E-state index in [-0.39, 0.29) is 17.5 Å². The highest BCUT2D eigenvalue weighted by Crippen LogP contribution is 2.37. The Kier molecular flexibility index (Phi) is 3.85. The molecule has 2 aliphatic rings. The second kappa shape index (κ2) is 5.83. The summed E-state index contributed by atoms with van der Waals surface area (Å²) in [6.07, 6.45) is 1.91. The SMILES string of the molecule is CCN1C(=O)NC(c2ccc([N+](=O)[O-])cc2)C2=C1CCCC2=O. The standard InChI is InChI=1S/C16H17N3O4/c1-2-18-12-4-3-5-13(20)14(12)15(17-16(18)21)10-6-8-11(9-7-10)19(22)23/h6-9,15H,2-5H2,1H3,(H,17,21). The number of nitrogens with zero attached hydrogens (tertiary/aromatic N) is 2. The lowest BCUT2D eigenvalue weighted by Gasteiger charge is -2.38. The van der Waals surface area contributed by atoms with Crippen LogP contribution in [-0.4, -0.2) is 28.2 Å². The minimum atomic E-state index is -0.533. The normalized spacial score (nSPS) is 21.1. The number of benzene rings is 1. The van der Waals surface area contributed by atoms with E-state index < -0.39 is 11.0 Å². The van der Waals surface area contributed by atoms with Crippen molar-refractivity contribution in [2.24, 2.45) is 0 Å². The van der Waals surface area contributed by atoms with Gasteiger partial charge in [-0.25, -0.2) is 4.79 Å². The lowest BCUT2D eigenvalue weighted by atomic mass is 9.84. The number of rotatable bonds is 3. The molecule has 0 spiro atoms. The largest absolute Gasteiger partial charge is 0.327 e. The van der Waals surface area contributed by atoms with Gasteiger partial charge in [-0.3, -0.25) is 19.8 Å². The molecule has 1 aliphatic heterocycles. The number of carbonyl (C=O) groups excluding carboxylic acids is 2. The molecule has 7 heteroatoms. The number of nitro groups is 1. The maximum absolute atomic E-state index is 12.4. The first kappa shape index (κ1) is 15.2. The molecule has 0 fully saturated rings. The van der Waals surface area contributed by atoms with Gasteiger partial charge in [-0.15, -0.1) is 0 Å². The third-order valence-electron chi connectivity index (χ3n) is 4.31. The molecule has 0 aromatic heterocycles. The third-order valence-corrected chi connectivity index (χ3v) is 4.31. The van der Waals surface area contributed by atoms with Crippen LogP contribution in [0.1, 0.15) is 37.8 Å². The number of urea groups is 1. The maximum Gasteiger partial charge on any atom is 0.322 e. The summed E-state index contributed by atoms with van der Waals surface area (Å²) in [5.74, 6) is 0.0352. The van der Waals surface area contributed by atoms with E-state index in [4.69, 9.17) is 0 Å². The summed E-state index contributed by atoms with van der Waals surface area (Å²) < 4.78 is 0. The summed E-state index contributed by atoms with van der Waals surface area (Å²) in [4.78, 5) is 36.6. The van der Waals surface area contributed by atoms with Crippen molar-refractivity contribution >= 4 is 17.5 Å². The van der Waals surface area contributed by atoms with Crippen LogP contribution in [0.15, 0.2) is 35.5 Å². The van der Waals surface area contributed by atoms with Crippen LogP contribution in [0.4, 0.5) is 10.5 Å². The van der Waals surface area contributed by atoms with Crippen LogP contribution < -0.4 is 5.32 Å². The van der Waals surface area contributed by atoms with Crippen LogP contribution in [-0.2, 0) is 4.79 Å². The summed E-state index contributed by atoms with van der Waals surface area (Å²) in [5.41, 5.74) is 2.07. The third kappa shape index (κ3) is 2.58. The van der Waals surface area contributed by atoms with Gasteiger partial charge in [0.15, 0.2) is 5.78 Å². The molecular formula is C16H17N3O4. The predicted molar refractivity (Wildman–Crippen MR) is 82.6 cm³/mol. The van der Waals surface area contributed by atoms with Gasteiger partial charge in [-0.1, -0.05) is 0 Å². The summed E-state index contributed by atoms with van der Waals surface area (Å²) in [6, 6.07) is 5.20. The highest BCUT2D eigenvalue weighted by molar-refractivity contribution is 6.01. The van der Waals surface area contributed by atoms with Crippen molar-refractivity contribution in [1.29, 1.82) is 0 Å². The Morgan fingerprint density at radius 3 is 2.57 bits per heavy atom. The number of non-ortho nitro benzene ring substituents is 1. The first-order valence-electron chi connectivity index (χ1n) is 7.61. The fourth-order valence-corrected chi connectivity index (χ4v) is 3.22. The summed E-state index contributed by atoms with van der Waals surface area (Å²) in [7, 11) is 0. The van der Waals surface area contributed by atoms with E-state index >= 15 is 0 Å². The van der Waals surface area contributed by atoms with E-state index in [1.165, 1.54) is 12.1 Å². The summed E-state index contributed by atoms with van der Waals surface area (Å²) >= 11 is 0. The number of nitrogens with one attached hydrogen (secondary N) is 1. The Labute approximate surface area is 133 Å². The Hall–Kier alpha value is -2.70. The fourth-order valence-electron chi connectivity index (χ4n) is 3.22. The van der Waals surface area contributed by atoms with Gasteiger partial charge in [0.1, 0.15) is 0 Å². The molecule has 1 aromatic carbocycles. The number of allylic oxidation sites excluding steroid dienone is 1. The number of hydrogen-bond acceptors (Lipinski definition) is 4. The van der Waals surface area contributed by atoms with Crippen molar-refractivity contribution in [3.8, 4) is 0 Å². The number of Topliss-reactive ketones (excluding diaryl/α,β-unsaturated/α-hetero) is 1. The van der Waals surface area contributed by atoms with Gasteiger partial charge >= 0.3 is 6.03 Å². The van der Waals surface area contributed by atoms with E-state index in [2.05, 4.69) is 5.32 Å².